The molecule has 0 saturated heterocycles. The van der Waals surface area contributed by atoms with E-state index < -0.39 is 6.10 Å². The van der Waals surface area contributed by atoms with Gasteiger partial charge in [0.05, 0.1) is 6.61 Å². The maximum atomic E-state index is 12.4. The Hall–Kier alpha value is -1.77. The minimum atomic E-state index is -0.551. The van der Waals surface area contributed by atoms with E-state index in [1.54, 1.807) is 0 Å². The Balaban J connectivity index is 1.94. The minimum absolute atomic E-state index is 0.0363. The Bertz CT molecular complexity index is 558. The predicted octanol–water partition coefficient (Wildman–Crippen LogP) is 4.22. The summed E-state index contributed by atoms with van der Waals surface area (Å²) in [4.78, 5) is 12.4. The molecule has 3 rings (SSSR count). The molecule has 1 aliphatic heterocycles. The highest BCUT2D eigenvalue weighted by atomic mass is 16.6. The van der Waals surface area contributed by atoms with E-state index in [4.69, 9.17) is 9.47 Å². The van der Waals surface area contributed by atoms with Crippen LogP contribution in [-0.4, -0.2) is 18.7 Å². The second-order valence-corrected chi connectivity index (χ2v) is 6.24. The van der Waals surface area contributed by atoms with Gasteiger partial charge >= 0.3 is 5.97 Å². The van der Waals surface area contributed by atoms with Crippen LogP contribution in [0.25, 0.3) is 5.57 Å². The van der Waals surface area contributed by atoms with Crippen molar-refractivity contribution < 1.29 is 14.3 Å². The summed E-state index contributed by atoms with van der Waals surface area (Å²) in [5.41, 5.74) is 2.07. The largest absolute Gasteiger partial charge is 0.477 e. The van der Waals surface area contributed by atoms with Crippen LogP contribution in [0.2, 0.25) is 0 Å². The van der Waals surface area contributed by atoms with Gasteiger partial charge in [-0.3, -0.25) is 0 Å². The molecule has 0 radical (unpaired) electrons. The van der Waals surface area contributed by atoms with E-state index in [0.717, 1.165) is 29.7 Å². The number of esters is 1. The fourth-order valence-electron chi connectivity index (χ4n) is 3.85. The van der Waals surface area contributed by atoms with Gasteiger partial charge in [-0.1, -0.05) is 44.0 Å². The zero-order chi connectivity index (χ0) is 15.5. The van der Waals surface area contributed by atoms with Crippen LogP contribution in [0.5, 0.6) is 5.75 Å². The maximum Gasteiger partial charge on any atom is 0.347 e. The molecule has 1 aromatic rings. The van der Waals surface area contributed by atoms with Gasteiger partial charge in [0.25, 0.3) is 0 Å². The van der Waals surface area contributed by atoms with Gasteiger partial charge < -0.3 is 9.47 Å². The molecule has 1 saturated carbocycles. The van der Waals surface area contributed by atoms with E-state index in [0.29, 0.717) is 12.5 Å². The van der Waals surface area contributed by atoms with Crippen molar-refractivity contribution in [2.45, 2.75) is 45.1 Å². The summed E-state index contributed by atoms with van der Waals surface area (Å²) in [6.07, 6.45) is 5.48. The molecule has 1 aliphatic carbocycles. The van der Waals surface area contributed by atoms with Crippen molar-refractivity contribution in [3.05, 3.63) is 36.4 Å². The van der Waals surface area contributed by atoms with Gasteiger partial charge in [0.2, 0.25) is 6.10 Å². The molecule has 0 aromatic heterocycles. The molecule has 0 bridgehead atoms. The van der Waals surface area contributed by atoms with Crippen LogP contribution in [-0.2, 0) is 9.53 Å². The topological polar surface area (TPSA) is 35.5 Å². The number of fused-ring (bicyclic) bond motifs is 1. The van der Waals surface area contributed by atoms with Gasteiger partial charge in [0, 0.05) is 11.5 Å². The maximum absolute atomic E-state index is 12.4. The Kier molecular flexibility index (Phi) is 4.51. The first-order chi connectivity index (χ1) is 10.7. The van der Waals surface area contributed by atoms with Crippen molar-refractivity contribution in [3.63, 3.8) is 0 Å². The quantitative estimate of drug-likeness (QED) is 0.784. The standard InChI is InChI=1S/C19H24O3/c1-3-21-19(20)18-17(14-9-5-4-6-10-14)13(2)15-11-7-8-12-16(15)22-18/h7-8,11-12,14,17-18H,2-6,9-10H2,1H3/t17-,18-/m0/s1. The highest BCUT2D eigenvalue weighted by molar-refractivity contribution is 5.83. The third-order valence-corrected chi connectivity index (χ3v) is 4.89. The second kappa shape index (κ2) is 6.55. The SMILES string of the molecule is C=C1c2ccccc2O[C@H](C(=O)OCC)[C@@H]1C1CCCCC1. The Labute approximate surface area is 132 Å². The van der Waals surface area contributed by atoms with Gasteiger partial charge in [-0.05, 0) is 37.3 Å². The van der Waals surface area contributed by atoms with Crippen molar-refractivity contribution in [2.75, 3.05) is 6.61 Å². The van der Waals surface area contributed by atoms with Gasteiger partial charge in [0.1, 0.15) is 5.75 Å². The number of hydrogen-bond donors (Lipinski definition) is 0. The summed E-state index contributed by atoms with van der Waals surface area (Å²) in [6.45, 7) is 6.53. The molecule has 1 heterocycles. The average molecular weight is 300 g/mol. The molecule has 2 atom stereocenters. The van der Waals surface area contributed by atoms with Crippen molar-refractivity contribution in [1.29, 1.82) is 0 Å². The molecule has 3 heteroatoms. The summed E-state index contributed by atoms with van der Waals surface area (Å²) in [6, 6.07) is 7.87. The lowest BCUT2D eigenvalue weighted by molar-refractivity contribution is -0.154. The molecule has 0 N–H and O–H groups in total. The van der Waals surface area contributed by atoms with E-state index in [1.807, 2.05) is 31.2 Å². The molecule has 0 spiro atoms. The molecular weight excluding hydrogens is 276 g/mol. The van der Waals surface area contributed by atoms with Gasteiger partial charge in [-0.2, -0.15) is 0 Å². The number of carbonyl (C=O) groups excluding carboxylic acids is 1. The highest BCUT2D eigenvalue weighted by Crippen LogP contribution is 2.46. The lowest BCUT2D eigenvalue weighted by Crippen LogP contribution is -2.43. The second-order valence-electron chi connectivity index (χ2n) is 6.24. The third-order valence-electron chi connectivity index (χ3n) is 4.89. The molecule has 2 aliphatic rings. The van der Waals surface area contributed by atoms with Crippen molar-refractivity contribution in [2.24, 2.45) is 11.8 Å². The number of benzene rings is 1. The minimum Gasteiger partial charge on any atom is -0.477 e. The van der Waals surface area contributed by atoms with Crippen molar-refractivity contribution in [3.8, 4) is 5.75 Å². The first-order valence-corrected chi connectivity index (χ1v) is 8.34. The lowest BCUT2D eigenvalue weighted by atomic mass is 9.71. The van der Waals surface area contributed by atoms with Crippen LogP contribution in [0.15, 0.2) is 30.8 Å². The fraction of sp³-hybridized carbons (Fsp3) is 0.526. The Morgan fingerprint density at radius 3 is 2.73 bits per heavy atom. The van der Waals surface area contributed by atoms with Crippen LogP contribution in [0.4, 0.5) is 0 Å². The molecule has 1 aromatic carbocycles. The lowest BCUT2D eigenvalue weighted by Gasteiger charge is -2.39. The number of para-hydroxylation sites is 1. The fourth-order valence-corrected chi connectivity index (χ4v) is 3.85. The molecule has 1 fully saturated rings. The first kappa shape index (κ1) is 15.1. The monoisotopic (exact) mass is 300 g/mol. The van der Waals surface area contributed by atoms with E-state index >= 15 is 0 Å². The first-order valence-electron chi connectivity index (χ1n) is 8.34. The predicted molar refractivity (Wildman–Crippen MR) is 86.6 cm³/mol. The van der Waals surface area contributed by atoms with Crippen LogP contribution < -0.4 is 4.74 Å². The Morgan fingerprint density at radius 2 is 2.00 bits per heavy atom. The van der Waals surface area contributed by atoms with Crippen molar-refractivity contribution in [1.82, 2.24) is 0 Å². The zero-order valence-electron chi connectivity index (χ0n) is 13.2. The number of ether oxygens (including phenoxy) is 2. The summed E-state index contributed by atoms with van der Waals surface area (Å²) in [5.74, 6) is 0.990. The molecule has 22 heavy (non-hydrogen) atoms. The highest BCUT2D eigenvalue weighted by Gasteiger charge is 2.43. The molecule has 0 unspecified atom stereocenters. The van der Waals surface area contributed by atoms with Gasteiger partial charge in [-0.15, -0.1) is 0 Å². The zero-order valence-corrected chi connectivity index (χ0v) is 13.2. The smallest absolute Gasteiger partial charge is 0.347 e. The summed E-state index contributed by atoms with van der Waals surface area (Å²) < 4.78 is 11.3. The summed E-state index contributed by atoms with van der Waals surface area (Å²) in [7, 11) is 0. The van der Waals surface area contributed by atoms with E-state index in [2.05, 4.69) is 6.58 Å². The number of hydrogen-bond acceptors (Lipinski definition) is 3. The van der Waals surface area contributed by atoms with Crippen molar-refractivity contribution >= 4 is 11.5 Å². The summed E-state index contributed by atoms with van der Waals surface area (Å²) in [5, 5.41) is 0. The molecule has 118 valence electrons. The molecular formula is C19H24O3. The van der Waals surface area contributed by atoms with Crippen LogP contribution >= 0.6 is 0 Å². The molecule has 0 amide bonds. The van der Waals surface area contributed by atoms with E-state index in [-0.39, 0.29) is 11.9 Å². The number of carbonyl (C=O) groups is 1. The van der Waals surface area contributed by atoms with Gasteiger partial charge in [0.15, 0.2) is 0 Å². The van der Waals surface area contributed by atoms with Gasteiger partial charge in [-0.25, -0.2) is 4.79 Å². The average Bonchev–Trinajstić information content (AvgIpc) is 2.56. The Morgan fingerprint density at radius 1 is 1.27 bits per heavy atom. The number of rotatable bonds is 3. The van der Waals surface area contributed by atoms with Crippen LogP contribution in [0, 0.1) is 11.8 Å². The van der Waals surface area contributed by atoms with Crippen LogP contribution in [0.1, 0.15) is 44.6 Å². The van der Waals surface area contributed by atoms with E-state index in [1.165, 1.54) is 19.3 Å². The van der Waals surface area contributed by atoms with E-state index in [9.17, 15) is 4.79 Å². The third kappa shape index (κ3) is 2.77. The summed E-state index contributed by atoms with van der Waals surface area (Å²) >= 11 is 0. The molecule has 3 nitrogen and oxygen atoms in total. The normalized spacial score (nSPS) is 25.2. The van der Waals surface area contributed by atoms with Crippen LogP contribution in [0.3, 0.4) is 0 Å².